The Labute approximate surface area is 325 Å². The smallest absolute Gasteiger partial charge is 0.251 e. The lowest BCUT2D eigenvalue weighted by Crippen LogP contribution is -2.79. The molecule has 0 unspecified atom stereocenters. The maximum atomic E-state index is 2.63. The predicted molar refractivity (Wildman–Crippen MR) is 239 cm³/mol. The lowest BCUT2D eigenvalue weighted by Gasteiger charge is -2.51. The second-order valence-corrected chi connectivity index (χ2v) is 23.9. The molecule has 6 aromatic rings. The number of hydrogen-bond acceptors (Lipinski definition) is 2. The van der Waals surface area contributed by atoms with Gasteiger partial charge in [0.05, 0.1) is 0 Å². The topological polar surface area (TPSA) is 6.48 Å². The van der Waals surface area contributed by atoms with Crippen LogP contribution in [0.2, 0.25) is 13.1 Å². The molecule has 0 aliphatic carbocycles. The molecule has 3 aliphatic heterocycles. The van der Waals surface area contributed by atoms with E-state index in [0.29, 0.717) is 0 Å². The van der Waals surface area contributed by atoms with Crippen molar-refractivity contribution in [3.05, 3.63) is 138 Å². The van der Waals surface area contributed by atoms with Crippen LogP contribution in [0.15, 0.2) is 121 Å². The van der Waals surface area contributed by atoms with Crippen LogP contribution in [0.1, 0.15) is 79.0 Å². The summed E-state index contributed by atoms with van der Waals surface area (Å²) in [6.45, 7) is 26.6. The molecule has 3 aliphatic rings. The maximum absolute atomic E-state index is 2.63. The zero-order valence-electron chi connectivity index (χ0n) is 34.0. The van der Waals surface area contributed by atoms with Crippen molar-refractivity contribution in [1.29, 1.82) is 0 Å². The van der Waals surface area contributed by atoms with Gasteiger partial charge in [0.25, 0.3) is 6.71 Å². The van der Waals surface area contributed by atoms with Gasteiger partial charge in [-0.2, -0.15) is 0 Å². The molecular formula is C50H53BN2Si. The van der Waals surface area contributed by atoms with Gasteiger partial charge in [-0.3, -0.25) is 0 Å². The molecule has 270 valence electrons. The highest BCUT2D eigenvalue weighted by molar-refractivity contribution is 7.16. The van der Waals surface area contributed by atoms with E-state index in [1.165, 1.54) is 78.3 Å². The zero-order chi connectivity index (χ0) is 38.1. The van der Waals surface area contributed by atoms with Gasteiger partial charge in [-0.1, -0.05) is 159 Å². The first-order chi connectivity index (χ1) is 25.4. The van der Waals surface area contributed by atoms with Crippen molar-refractivity contribution < 1.29 is 0 Å². The Hall–Kier alpha value is -4.80. The fourth-order valence-corrected chi connectivity index (χ4v) is 12.5. The van der Waals surface area contributed by atoms with Crippen LogP contribution in [-0.2, 0) is 16.2 Å². The number of nitrogens with zero attached hydrogens (tertiary/aromatic N) is 2. The first-order valence-corrected chi connectivity index (χ1v) is 22.8. The molecule has 0 radical (unpaired) electrons. The van der Waals surface area contributed by atoms with Crippen LogP contribution >= 0.6 is 0 Å². The third-order valence-electron chi connectivity index (χ3n) is 12.5. The standard InChI is InChI=1S/C50H53BN2Si/c1-48(2,3)34-22-26-38(27-23-34)53-40-19-15-18-39-45(40)51-46-41(52(39)37-24-20-33(21-25-37)32-16-13-12-14-17-32)28-35(49(4,5)6)30-43(46)54(10,11)44-31-36(50(7,8)9)29-42(53)47(44)51/h12-31H,1-11H3. The summed E-state index contributed by atoms with van der Waals surface area (Å²) in [6.07, 6.45) is 0. The summed E-state index contributed by atoms with van der Waals surface area (Å²) in [5.41, 5.74) is 18.9. The molecule has 0 N–H and O–H groups in total. The zero-order valence-corrected chi connectivity index (χ0v) is 35.0. The van der Waals surface area contributed by atoms with Crippen LogP contribution in [0.4, 0.5) is 34.1 Å². The van der Waals surface area contributed by atoms with Gasteiger partial charge in [0.2, 0.25) is 0 Å². The number of hydrogen-bond donors (Lipinski definition) is 0. The van der Waals surface area contributed by atoms with E-state index < -0.39 is 8.07 Å². The van der Waals surface area contributed by atoms with Crippen molar-refractivity contribution in [3.63, 3.8) is 0 Å². The van der Waals surface area contributed by atoms with E-state index in [-0.39, 0.29) is 23.0 Å². The lowest BCUT2D eigenvalue weighted by molar-refractivity contribution is 0.590. The van der Waals surface area contributed by atoms with Gasteiger partial charge in [-0.15, -0.1) is 0 Å². The maximum Gasteiger partial charge on any atom is 0.251 e. The first kappa shape index (κ1) is 34.9. The van der Waals surface area contributed by atoms with Crippen molar-refractivity contribution in [1.82, 2.24) is 0 Å². The molecule has 9 rings (SSSR count). The molecule has 0 aromatic heterocycles. The quantitative estimate of drug-likeness (QED) is 0.168. The average molecular weight is 721 g/mol. The van der Waals surface area contributed by atoms with Gasteiger partial charge in [-0.25, -0.2) is 0 Å². The Bertz CT molecular complexity index is 2460. The van der Waals surface area contributed by atoms with Crippen molar-refractivity contribution in [2.24, 2.45) is 0 Å². The molecule has 0 amide bonds. The summed E-state index contributed by atoms with van der Waals surface area (Å²) in [7, 11) is -2.23. The Morgan fingerprint density at radius 2 is 0.833 bits per heavy atom. The van der Waals surface area contributed by atoms with Crippen LogP contribution in [0.25, 0.3) is 11.1 Å². The molecule has 3 heterocycles. The summed E-state index contributed by atoms with van der Waals surface area (Å²) in [5.74, 6) is 0. The molecule has 2 nitrogen and oxygen atoms in total. The highest BCUT2D eigenvalue weighted by atomic mass is 28.3. The molecule has 0 saturated heterocycles. The van der Waals surface area contributed by atoms with E-state index in [0.717, 1.165) is 0 Å². The van der Waals surface area contributed by atoms with Gasteiger partial charge >= 0.3 is 0 Å². The highest BCUT2D eigenvalue weighted by Gasteiger charge is 2.52. The second-order valence-electron chi connectivity index (χ2n) is 19.6. The minimum atomic E-state index is -2.23. The Kier molecular flexibility index (Phi) is 7.51. The van der Waals surface area contributed by atoms with E-state index in [9.17, 15) is 0 Å². The Balaban J connectivity index is 1.38. The van der Waals surface area contributed by atoms with Crippen LogP contribution < -0.4 is 36.6 Å². The monoisotopic (exact) mass is 720 g/mol. The molecule has 4 heteroatoms. The van der Waals surface area contributed by atoms with E-state index in [1.54, 1.807) is 10.4 Å². The number of anilines is 6. The van der Waals surface area contributed by atoms with Crippen LogP contribution in [-0.4, -0.2) is 14.8 Å². The van der Waals surface area contributed by atoms with Crippen LogP contribution in [0, 0.1) is 0 Å². The predicted octanol–water partition coefficient (Wildman–Crippen LogP) is 10.5. The van der Waals surface area contributed by atoms with Gasteiger partial charge in [-0.05, 0) is 109 Å². The highest BCUT2D eigenvalue weighted by Crippen LogP contribution is 2.46. The summed E-state index contributed by atoms with van der Waals surface area (Å²) in [4.78, 5) is 5.21. The molecular weight excluding hydrogens is 667 g/mol. The van der Waals surface area contributed by atoms with Gasteiger partial charge in [0.15, 0.2) is 0 Å². The number of rotatable bonds is 3. The molecule has 0 atom stereocenters. The molecule has 0 saturated carbocycles. The number of benzene rings is 6. The fourth-order valence-electron chi connectivity index (χ4n) is 9.32. The minimum absolute atomic E-state index is 0.00223. The summed E-state index contributed by atoms with van der Waals surface area (Å²) >= 11 is 0. The van der Waals surface area contributed by atoms with Crippen molar-refractivity contribution >= 4 is 75.7 Å². The van der Waals surface area contributed by atoms with Gasteiger partial charge < -0.3 is 9.80 Å². The lowest BCUT2D eigenvalue weighted by atomic mass is 9.33. The second kappa shape index (κ2) is 11.6. The largest absolute Gasteiger partial charge is 0.311 e. The molecule has 0 bridgehead atoms. The summed E-state index contributed by atoms with van der Waals surface area (Å²) < 4.78 is 0. The van der Waals surface area contributed by atoms with E-state index in [1.807, 2.05) is 0 Å². The van der Waals surface area contributed by atoms with E-state index >= 15 is 0 Å². The van der Waals surface area contributed by atoms with E-state index in [4.69, 9.17) is 0 Å². The molecule has 0 spiro atoms. The average Bonchev–Trinajstić information content (AvgIpc) is 3.13. The van der Waals surface area contributed by atoms with Crippen LogP contribution in [0.3, 0.4) is 0 Å². The van der Waals surface area contributed by atoms with Gasteiger partial charge in [0.1, 0.15) is 8.07 Å². The van der Waals surface area contributed by atoms with Crippen molar-refractivity contribution in [3.8, 4) is 11.1 Å². The molecule has 54 heavy (non-hydrogen) atoms. The summed E-state index contributed by atoms with van der Waals surface area (Å²) in [5, 5.41) is 3.19. The fraction of sp³-hybridized carbons (Fsp3) is 0.280. The molecule has 0 fully saturated rings. The molecule has 6 aromatic carbocycles. The van der Waals surface area contributed by atoms with Gasteiger partial charge in [0, 0.05) is 34.1 Å². The minimum Gasteiger partial charge on any atom is -0.311 e. The Morgan fingerprint density at radius 1 is 0.407 bits per heavy atom. The SMILES string of the molecule is CC(C)(C)c1ccc(N2c3cccc4c3B3c5c(cc(C(C)(C)C)cc5[Si](C)(C)c5cc(C(C)(C)C)cc2c53)N4c2ccc(-c3ccccc3)cc2)cc1. The third-order valence-corrected chi connectivity index (χ3v) is 16.0. The first-order valence-electron chi connectivity index (χ1n) is 19.8. The van der Waals surface area contributed by atoms with Crippen molar-refractivity contribution in [2.45, 2.75) is 91.7 Å². The Morgan fingerprint density at radius 3 is 1.28 bits per heavy atom. The van der Waals surface area contributed by atoms with E-state index in [2.05, 4.69) is 207 Å². The third kappa shape index (κ3) is 5.20. The normalized spacial score (nSPS) is 15.4. The summed E-state index contributed by atoms with van der Waals surface area (Å²) in [6, 6.07) is 46.8. The van der Waals surface area contributed by atoms with Crippen LogP contribution in [0.5, 0.6) is 0 Å². The van der Waals surface area contributed by atoms with Crippen molar-refractivity contribution in [2.75, 3.05) is 9.80 Å².